The number of allylic oxidation sites excluding steroid dienone is 2. The molecule has 2 aliphatic rings. The number of hydrogen-bond acceptors (Lipinski definition) is 0. The molecule has 0 amide bonds. The molecule has 0 heterocycles. The molecule has 0 N–H and O–H groups in total. The van der Waals surface area contributed by atoms with Crippen molar-refractivity contribution in [2.24, 2.45) is 11.8 Å². The molecule has 1 saturated carbocycles. The van der Waals surface area contributed by atoms with E-state index in [2.05, 4.69) is 13.0 Å². The van der Waals surface area contributed by atoms with Crippen LogP contribution in [0.2, 0.25) is 0 Å². The summed E-state index contributed by atoms with van der Waals surface area (Å²) >= 11 is 6.03. The topological polar surface area (TPSA) is 0 Å². The minimum absolute atomic E-state index is 0.422. The Bertz CT molecular complexity index is 189. The Morgan fingerprint density at radius 2 is 2.17 bits per heavy atom. The molecule has 2 rings (SSSR count). The van der Waals surface area contributed by atoms with E-state index in [1.807, 2.05) is 0 Å². The van der Waals surface area contributed by atoms with Crippen LogP contribution in [0.4, 0.5) is 0 Å². The van der Waals surface area contributed by atoms with Gasteiger partial charge in [-0.15, -0.1) is 11.6 Å². The average Bonchev–Trinajstić information content (AvgIpc) is 2.01. The highest BCUT2D eigenvalue weighted by atomic mass is 35.5. The minimum Gasteiger partial charge on any atom is -0.123 e. The smallest absolute Gasteiger partial charge is 0.0373 e. The first-order chi connectivity index (χ1) is 5.75. The molecule has 0 spiro atoms. The molecule has 68 valence electrons. The number of hydrogen-bond donors (Lipinski definition) is 0. The summed E-state index contributed by atoms with van der Waals surface area (Å²) in [6.07, 6.45) is 8.85. The van der Waals surface area contributed by atoms with Crippen LogP contribution in [0, 0.1) is 11.8 Å². The first-order valence-electron chi connectivity index (χ1n) is 5.08. The fourth-order valence-electron chi connectivity index (χ4n) is 2.40. The summed E-state index contributed by atoms with van der Waals surface area (Å²) in [7, 11) is 0. The summed E-state index contributed by atoms with van der Waals surface area (Å²) in [5, 5.41) is 0.422. The maximum Gasteiger partial charge on any atom is 0.0373 e. The molecule has 1 atom stereocenters. The highest BCUT2D eigenvalue weighted by Gasteiger charge is 2.29. The lowest BCUT2D eigenvalue weighted by Gasteiger charge is -2.36. The van der Waals surface area contributed by atoms with Crippen molar-refractivity contribution in [2.75, 3.05) is 0 Å². The lowest BCUT2D eigenvalue weighted by atomic mass is 9.70. The van der Waals surface area contributed by atoms with Gasteiger partial charge in [-0.25, -0.2) is 0 Å². The maximum absolute atomic E-state index is 6.03. The predicted octanol–water partition coefficient (Wildman–Crippen LogP) is 3.75. The standard InChI is InChI=1S/C11H17Cl/c1-8-6-10(7-8)9-2-4-11(12)5-3-9/h2,8,10-11H,3-7H2,1H3/t8-,10+,11-/m0/s1. The van der Waals surface area contributed by atoms with E-state index in [4.69, 9.17) is 11.6 Å². The second kappa shape index (κ2) is 3.41. The first-order valence-corrected chi connectivity index (χ1v) is 5.52. The molecule has 0 aromatic rings. The molecule has 0 saturated heterocycles. The van der Waals surface area contributed by atoms with Crippen LogP contribution in [0.15, 0.2) is 11.6 Å². The fraction of sp³-hybridized carbons (Fsp3) is 0.818. The maximum atomic E-state index is 6.03. The molecule has 0 bridgehead atoms. The van der Waals surface area contributed by atoms with Crippen molar-refractivity contribution in [1.29, 1.82) is 0 Å². The average molecular weight is 185 g/mol. The Labute approximate surface area is 80.0 Å². The molecular formula is C11H17Cl. The molecule has 0 nitrogen and oxygen atoms in total. The van der Waals surface area contributed by atoms with Crippen LogP contribution in [0.1, 0.15) is 39.0 Å². The van der Waals surface area contributed by atoms with Gasteiger partial charge in [-0.05, 0) is 43.9 Å². The van der Waals surface area contributed by atoms with Gasteiger partial charge in [-0.2, -0.15) is 0 Å². The Kier molecular flexibility index (Phi) is 2.45. The molecule has 0 radical (unpaired) electrons. The molecular weight excluding hydrogens is 168 g/mol. The van der Waals surface area contributed by atoms with Gasteiger partial charge in [0, 0.05) is 5.38 Å². The van der Waals surface area contributed by atoms with Crippen LogP contribution >= 0.6 is 11.6 Å². The molecule has 12 heavy (non-hydrogen) atoms. The van der Waals surface area contributed by atoms with Crippen LogP contribution in [0.3, 0.4) is 0 Å². The first kappa shape index (κ1) is 8.62. The summed E-state index contributed by atoms with van der Waals surface area (Å²) in [5.41, 5.74) is 1.71. The van der Waals surface area contributed by atoms with Gasteiger partial charge in [0.05, 0.1) is 0 Å². The van der Waals surface area contributed by atoms with Gasteiger partial charge in [0.2, 0.25) is 0 Å². The fourth-order valence-corrected chi connectivity index (χ4v) is 2.60. The van der Waals surface area contributed by atoms with Crippen LogP contribution in [-0.4, -0.2) is 5.38 Å². The Hall–Kier alpha value is 0.0300. The largest absolute Gasteiger partial charge is 0.123 e. The normalized spacial score (nSPS) is 41.8. The number of halogens is 1. The van der Waals surface area contributed by atoms with E-state index in [9.17, 15) is 0 Å². The van der Waals surface area contributed by atoms with E-state index in [-0.39, 0.29) is 0 Å². The van der Waals surface area contributed by atoms with Crippen LogP contribution in [0.5, 0.6) is 0 Å². The third-order valence-corrected chi connectivity index (χ3v) is 3.68. The van der Waals surface area contributed by atoms with Gasteiger partial charge < -0.3 is 0 Å². The second-order valence-corrected chi connectivity index (χ2v) is 5.04. The summed E-state index contributed by atoms with van der Waals surface area (Å²) in [6, 6.07) is 0. The van der Waals surface area contributed by atoms with E-state index in [1.165, 1.54) is 25.7 Å². The van der Waals surface area contributed by atoms with Crippen molar-refractivity contribution in [3.8, 4) is 0 Å². The van der Waals surface area contributed by atoms with Crippen molar-refractivity contribution in [3.63, 3.8) is 0 Å². The SMILES string of the molecule is C[C@H]1C[C@@H](C2=CC[C@H](Cl)CC2)C1. The molecule has 1 heteroatoms. The van der Waals surface area contributed by atoms with Gasteiger partial charge in [0.1, 0.15) is 0 Å². The summed E-state index contributed by atoms with van der Waals surface area (Å²) < 4.78 is 0. The Balaban J connectivity index is 1.89. The van der Waals surface area contributed by atoms with Gasteiger partial charge in [0.15, 0.2) is 0 Å². The summed E-state index contributed by atoms with van der Waals surface area (Å²) in [5.74, 6) is 1.91. The van der Waals surface area contributed by atoms with Crippen molar-refractivity contribution in [3.05, 3.63) is 11.6 Å². The molecule has 0 aliphatic heterocycles. The van der Waals surface area contributed by atoms with E-state index >= 15 is 0 Å². The van der Waals surface area contributed by atoms with Crippen molar-refractivity contribution in [2.45, 2.75) is 44.4 Å². The van der Waals surface area contributed by atoms with Gasteiger partial charge in [-0.3, -0.25) is 0 Å². The van der Waals surface area contributed by atoms with Crippen molar-refractivity contribution >= 4 is 11.6 Å². The predicted molar refractivity (Wildman–Crippen MR) is 53.5 cm³/mol. The van der Waals surface area contributed by atoms with Crippen LogP contribution in [-0.2, 0) is 0 Å². The van der Waals surface area contributed by atoms with Crippen molar-refractivity contribution < 1.29 is 0 Å². The highest BCUT2D eigenvalue weighted by molar-refractivity contribution is 6.20. The van der Waals surface area contributed by atoms with Crippen molar-refractivity contribution in [1.82, 2.24) is 0 Å². The van der Waals surface area contributed by atoms with Crippen LogP contribution in [0.25, 0.3) is 0 Å². The lowest BCUT2D eigenvalue weighted by molar-refractivity contribution is 0.241. The second-order valence-electron chi connectivity index (χ2n) is 4.42. The lowest BCUT2D eigenvalue weighted by Crippen LogP contribution is -2.24. The molecule has 2 aliphatic carbocycles. The third-order valence-electron chi connectivity index (χ3n) is 3.28. The van der Waals surface area contributed by atoms with E-state index in [0.717, 1.165) is 18.3 Å². The molecule has 0 aromatic carbocycles. The molecule has 0 unspecified atom stereocenters. The van der Waals surface area contributed by atoms with Gasteiger partial charge in [-0.1, -0.05) is 18.6 Å². The van der Waals surface area contributed by atoms with Gasteiger partial charge >= 0.3 is 0 Å². The Morgan fingerprint density at radius 1 is 1.42 bits per heavy atom. The van der Waals surface area contributed by atoms with E-state index in [1.54, 1.807) is 5.57 Å². The molecule has 1 fully saturated rings. The number of rotatable bonds is 1. The Morgan fingerprint density at radius 3 is 2.67 bits per heavy atom. The highest BCUT2D eigenvalue weighted by Crippen LogP contribution is 2.41. The quantitative estimate of drug-likeness (QED) is 0.430. The van der Waals surface area contributed by atoms with E-state index < -0.39 is 0 Å². The zero-order chi connectivity index (χ0) is 8.55. The zero-order valence-corrected chi connectivity index (χ0v) is 8.48. The number of alkyl halides is 1. The third kappa shape index (κ3) is 1.69. The van der Waals surface area contributed by atoms with E-state index in [0.29, 0.717) is 5.38 Å². The minimum atomic E-state index is 0.422. The van der Waals surface area contributed by atoms with Gasteiger partial charge in [0.25, 0.3) is 0 Å². The zero-order valence-electron chi connectivity index (χ0n) is 7.72. The monoisotopic (exact) mass is 184 g/mol. The van der Waals surface area contributed by atoms with Crippen LogP contribution < -0.4 is 0 Å². The summed E-state index contributed by atoms with van der Waals surface area (Å²) in [4.78, 5) is 0. The summed E-state index contributed by atoms with van der Waals surface area (Å²) in [6.45, 7) is 2.35. The molecule has 0 aromatic heterocycles.